The molecular formula is C18H23N3O. The molecule has 116 valence electrons. The van der Waals surface area contributed by atoms with Crippen molar-refractivity contribution in [2.75, 3.05) is 5.32 Å². The number of nitrogens with one attached hydrogen (secondary N) is 1. The molecule has 0 bridgehead atoms. The highest BCUT2D eigenvalue weighted by Crippen LogP contribution is 2.44. The third kappa shape index (κ3) is 3.28. The van der Waals surface area contributed by atoms with Crippen molar-refractivity contribution >= 4 is 5.95 Å². The highest BCUT2D eigenvalue weighted by molar-refractivity contribution is 5.30. The zero-order chi connectivity index (χ0) is 15.6. The fourth-order valence-corrected chi connectivity index (χ4v) is 3.09. The molecule has 1 saturated carbocycles. The normalized spacial score (nSPS) is 22.9. The van der Waals surface area contributed by atoms with Crippen molar-refractivity contribution < 1.29 is 4.74 Å². The van der Waals surface area contributed by atoms with Crippen LogP contribution in [0.15, 0.2) is 42.6 Å². The molecule has 1 aliphatic carbocycles. The molecule has 2 aromatic rings. The predicted octanol–water partition coefficient (Wildman–Crippen LogP) is 3.58. The quantitative estimate of drug-likeness (QED) is 0.916. The Kier molecular flexibility index (Phi) is 4.12. The summed E-state index contributed by atoms with van der Waals surface area (Å²) >= 11 is 0. The van der Waals surface area contributed by atoms with Gasteiger partial charge in [-0.1, -0.05) is 44.2 Å². The molecule has 0 saturated heterocycles. The molecule has 3 rings (SSSR count). The Morgan fingerprint density at radius 3 is 2.68 bits per heavy atom. The number of nitrogens with zero attached hydrogens (tertiary/aromatic N) is 2. The highest BCUT2D eigenvalue weighted by Gasteiger charge is 2.48. The number of benzene rings is 1. The van der Waals surface area contributed by atoms with Crippen LogP contribution < -0.4 is 5.32 Å². The van der Waals surface area contributed by atoms with Crippen molar-refractivity contribution in [2.24, 2.45) is 5.41 Å². The first-order valence-corrected chi connectivity index (χ1v) is 7.76. The molecule has 1 aromatic heterocycles. The lowest BCUT2D eigenvalue weighted by Crippen LogP contribution is -2.58. The fourth-order valence-electron chi connectivity index (χ4n) is 3.09. The molecule has 0 aliphatic heterocycles. The maximum Gasteiger partial charge on any atom is 0.223 e. The third-order valence-corrected chi connectivity index (χ3v) is 4.26. The summed E-state index contributed by atoms with van der Waals surface area (Å²) in [5.41, 5.74) is 2.35. The smallest absolute Gasteiger partial charge is 0.223 e. The summed E-state index contributed by atoms with van der Waals surface area (Å²) in [5.74, 6) is 0.689. The van der Waals surface area contributed by atoms with Gasteiger partial charge in [-0.15, -0.1) is 0 Å². The molecule has 1 fully saturated rings. The minimum atomic E-state index is 0.164. The first kappa shape index (κ1) is 15.0. The first-order chi connectivity index (χ1) is 10.5. The second-order valence-electron chi connectivity index (χ2n) is 6.68. The van der Waals surface area contributed by atoms with Crippen LogP contribution in [0.3, 0.4) is 0 Å². The number of aromatic nitrogens is 2. The standard InChI is InChI=1S/C18H23N3O/c1-13-9-10-19-17(20-13)21-15-11-18(2,3)16(15)22-12-14-7-5-4-6-8-14/h4-10,15-16H,11-12H2,1-3H3,(H,19,20,21). The molecule has 1 heterocycles. The number of anilines is 1. The van der Waals surface area contributed by atoms with Gasteiger partial charge in [0.2, 0.25) is 5.95 Å². The van der Waals surface area contributed by atoms with Gasteiger partial charge in [-0.2, -0.15) is 0 Å². The van der Waals surface area contributed by atoms with Gasteiger partial charge >= 0.3 is 0 Å². The number of hydrogen-bond donors (Lipinski definition) is 1. The van der Waals surface area contributed by atoms with E-state index < -0.39 is 0 Å². The monoisotopic (exact) mass is 297 g/mol. The summed E-state index contributed by atoms with van der Waals surface area (Å²) in [5, 5.41) is 3.41. The van der Waals surface area contributed by atoms with Crippen molar-refractivity contribution in [3.8, 4) is 0 Å². The molecule has 4 nitrogen and oxygen atoms in total. The Bertz CT molecular complexity index is 627. The largest absolute Gasteiger partial charge is 0.371 e. The van der Waals surface area contributed by atoms with Gasteiger partial charge in [0, 0.05) is 11.9 Å². The molecule has 4 heteroatoms. The SMILES string of the molecule is Cc1ccnc(NC2CC(C)(C)C2OCc2ccccc2)n1. The van der Waals surface area contributed by atoms with Crippen LogP contribution in [0.25, 0.3) is 0 Å². The maximum absolute atomic E-state index is 6.18. The molecule has 0 amide bonds. The second-order valence-corrected chi connectivity index (χ2v) is 6.68. The zero-order valence-electron chi connectivity index (χ0n) is 13.4. The number of ether oxygens (including phenoxy) is 1. The molecule has 1 aliphatic rings. The second kappa shape index (κ2) is 6.05. The minimum Gasteiger partial charge on any atom is -0.371 e. The average molecular weight is 297 g/mol. The van der Waals surface area contributed by atoms with Crippen molar-refractivity contribution in [3.05, 3.63) is 53.9 Å². The Labute approximate surface area is 132 Å². The van der Waals surface area contributed by atoms with Crippen LogP contribution >= 0.6 is 0 Å². The van der Waals surface area contributed by atoms with E-state index in [-0.39, 0.29) is 17.6 Å². The number of aryl methyl sites for hydroxylation is 1. The van der Waals surface area contributed by atoms with Crippen LogP contribution in [0.4, 0.5) is 5.95 Å². The van der Waals surface area contributed by atoms with Gasteiger partial charge in [0.25, 0.3) is 0 Å². The summed E-state index contributed by atoms with van der Waals surface area (Å²) < 4.78 is 6.18. The van der Waals surface area contributed by atoms with Crippen LogP contribution in [0.5, 0.6) is 0 Å². The van der Waals surface area contributed by atoms with Crippen molar-refractivity contribution in [3.63, 3.8) is 0 Å². The van der Waals surface area contributed by atoms with Gasteiger partial charge in [0.05, 0.1) is 18.8 Å². The van der Waals surface area contributed by atoms with Gasteiger partial charge in [-0.3, -0.25) is 0 Å². The summed E-state index contributed by atoms with van der Waals surface area (Å²) in [4.78, 5) is 8.70. The fraction of sp³-hybridized carbons (Fsp3) is 0.444. The summed E-state index contributed by atoms with van der Waals surface area (Å²) in [7, 11) is 0. The van der Waals surface area contributed by atoms with Crippen LogP contribution in [-0.4, -0.2) is 22.1 Å². The van der Waals surface area contributed by atoms with E-state index in [9.17, 15) is 0 Å². The van der Waals surface area contributed by atoms with Gasteiger partial charge in [0.1, 0.15) is 0 Å². The van der Waals surface area contributed by atoms with Crippen molar-refractivity contribution in [2.45, 2.75) is 45.9 Å². The van der Waals surface area contributed by atoms with E-state index in [4.69, 9.17) is 4.74 Å². The lowest BCUT2D eigenvalue weighted by atomic mass is 9.65. The molecule has 2 unspecified atom stereocenters. The van der Waals surface area contributed by atoms with Gasteiger partial charge in [-0.05, 0) is 30.4 Å². The third-order valence-electron chi connectivity index (χ3n) is 4.26. The minimum absolute atomic E-state index is 0.164. The summed E-state index contributed by atoms with van der Waals surface area (Å²) in [6.07, 6.45) is 3.01. The van der Waals surface area contributed by atoms with E-state index in [0.717, 1.165) is 12.1 Å². The Morgan fingerprint density at radius 1 is 1.23 bits per heavy atom. The van der Waals surface area contributed by atoms with Crippen LogP contribution in [0.2, 0.25) is 0 Å². The summed E-state index contributed by atoms with van der Waals surface area (Å²) in [6, 6.07) is 12.5. The van der Waals surface area contributed by atoms with Gasteiger partial charge in [-0.25, -0.2) is 9.97 Å². The molecule has 0 radical (unpaired) electrons. The first-order valence-electron chi connectivity index (χ1n) is 7.76. The molecule has 2 atom stereocenters. The van der Waals surface area contributed by atoms with Crippen molar-refractivity contribution in [1.29, 1.82) is 0 Å². The van der Waals surface area contributed by atoms with E-state index in [1.807, 2.05) is 31.2 Å². The molecule has 1 N–H and O–H groups in total. The van der Waals surface area contributed by atoms with Crippen LogP contribution in [-0.2, 0) is 11.3 Å². The Hall–Kier alpha value is -1.94. The van der Waals surface area contributed by atoms with Crippen LogP contribution in [0.1, 0.15) is 31.5 Å². The van der Waals surface area contributed by atoms with Gasteiger partial charge < -0.3 is 10.1 Å². The molecule has 0 spiro atoms. The Balaban J connectivity index is 1.63. The lowest BCUT2D eigenvalue weighted by molar-refractivity contribution is -0.110. The topological polar surface area (TPSA) is 47.0 Å². The summed E-state index contributed by atoms with van der Waals surface area (Å²) in [6.45, 7) is 7.11. The number of hydrogen-bond acceptors (Lipinski definition) is 4. The average Bonchev–Trinajstić information content (AvgIpc) is 2.47. The van der Waals surface area contributed by atoms with E-state index in [1.165, 1.54) is 5.56 Å². The number of rotatable bonds is 5. The van der Waals surface area contributed by atoms with E-state index in [2.05, 4.69) is 41.3 Å². The van der Waals surface area contributed by atoms with E-state index >= 15 is 0 Å². The van der Waals surface area contributed by atoms with Gasteiger partial charge in [0.15, 0.2) is 0 Å². The molecule has 1 aromatic carbocycles. The predicted molar refractivity (Wildman–Crippen MR) is 87.6 cm³/mol. The van der Waals surface area contributed by atoms with Crippen molar-refractivity contribution in [1.82, 2.24) is 9.97 Å². The Morgan fingerprint density at radius 2 is 2.00 bits per heavy atom. The highest BCUT2D eigenvalue weighted by atomic mass is 16.5. The van der Waals surface area contributed by atoms with E-state index in [1.54, 1.807) is 6.20 Å². The maximum atomic E-state index is 6.18. The lowest BCUT2D eigenvalue weighted by Gasteiger charge is -2.51. The molecular weight excluding hydrogens is 274 g/mol. The zero-order valence-corrected chi connectivity index (χ0v) is 13.4. The molecule has 22 heavy (non-hydrogen) atoms. The van der Waals surface area contributed by atoms with E-state index in [0.29, 0.717) is 12.6 Å². The van der Waals surface area contributed by atoms with Crippen LogP contribution in [0, 0.1) is 12.3 Å².